The van der Waals surface area contributed by atoms with Gasteiger partial charge in [-0.1, -0.05) is 0 Å². The number of allylic oxidation sites excluding steroid dienone is 1. The monoisotopic (exact) mass is 331 g/mol. The third-order valence-electron chi connectivity index (χ3n) is 2.52. The van der Waals surface area contributed by atoms with Gasteiger partial charge >= 0.3 is 114 Å². The molecule has 0 amide bonds. The van der Waals surface area contributed by atoms with E-state index in [2.05, 4.69) is 6.58 Å². The first-order valence-corrected chi connectivity index (χ1v) is 8.41. The Bertz CT molecular complexity index is 351. The van der Waals surface area contributed by atoms with Crippen molar-refractivity contribution in [1.82, 2.24) is 0 Å². The van der Waals surface area contributed by atoms with Crippen LogP contribution in [0.1, 0.15) is 51.9 Å². The molecule has 6 heteroatoms. The van der Waals surface area contributed by atoms with E-state index in [1.165, 1.54) is 0 Å². The molecule has 0 aliphatic rings. The zero-order chi connectivity index (χ0) is 15.4. The van der Waals surface area contributed by atoms with Crippen LogP contribution in [0.25, 0.3) is 0 Å². The van der Waals surface area contributed by atoms with Crippen LogP contribution in [0.3, 0.4) is 0 Å². The molecule has 119 valence electrons. The van der Waals surface area contributed by atoms with Crippen LogP contribution in [0.2, 0.25) is 5.36 Å². The van der Waals surface area contributed by atoms with Crippen molar-refractivity contribution in [3.63, 3.8) is 0 Å². The number of ether oxygens (including phenoxy) is 1. The second-order valence-electron chi connectivity index (χ2n) is 4.47. The van der Waals surface area contributed by atoms with Crippen molar-refractivity contribution < 1.29 is 36.9 Å². The Morgan fingerprint density at radius 3 is 2.25 bits per heavy atom. The van der Waals surface area contributed by atoms with Gasteiger partial charge in [-0.3, -0.25) is 4.79 Å². The van der Waals surface area contributed by atoms with Crippen molar-refractivity contribution in [1.29, 1.82) is 0 Å². The molecule has 0 aliphatic heterocycles. The zero-order valence-corrected chi connectivity index (χ0v) is 13.0. The van der Waals surface area contributed by atoms with Gasteiger partial charge in [-0.15, -0.1) is 0 Å². The van der Waals surface area contributed by atoms with Crippen LogP contribution in [-0.4, -0.2) is 23.7 Å². The molecule has 0 spiro atoms. The molecular weight excluding hydrogens is 307 g/mol. The number of carboxylic acids is 1. The summed E-state index contributed by atoms with van der Waals surface area (Å²) < 4.78 is 17.1. The van der Waals surface area contributed by atoms with Crippen LogP contribution in [0.15, 0.2) is 11.1 Å². The van der Waals surface area contributed by atoms with E-state index in [-0.39, 0.29) is 12.4 Å². The molecular formula is C14H24CoO5. The van der Waals surface area contributed by atoms with Crippen LogP contribution in [-0.2, 0) is 31.8 Å². The van der Waals surface area contributed by atoms with E-state index in [9.17, 15) is 13.5 Å². The molecule has 0 saturated carbocycles. The summed E-state index contributed by atoms with van der Waals surface area (Å²) in [5, 5.41) is 8.96. The standard InChI is InChI=1S/C11H19O4.C3H5.Co.O/c1-2-9-15-11(14)8-6-4-3-5-7-10(12)13;1-3-2;;/h1-9H2,(H,12,13);1H2,2H3;;. The number of carbonyl (C=O) groups is 2. The van der Waals surface area contributed by atoms with Gasteiger partial charge in [0.15, 0.2) is 0 Å². The molecule has 0 atom stereocenters. The van der Waals surface area contributed by atoms with Crippen molar-refractivity contribution in [2.75, 3.05) is 6.61 Å². The van der Waals surface area contributed by atoms with Gasteiger partial charge in [0.25, 0.3) is 0 Å². The number of carboxylic acid groups (broad SMARTS) is 1. The smallest absolute Gasteiger partial charge is 0.481 e. The summed E-state index contributed by atoms with van der Waals surface area (Å²) in [6.07, 6.45) is 4.16. The van der Waals surface area contributed by atoms with Crippen LogP contribution >= 0.6 is 0 Å². The molecule has 0 bridgehead atoms. The molecule has 0 aromatic heterocycles. The molecule has 0 saturated heterocycles. The molecule has 0 heterocycles. The van der Waals surface area contributed by atoms with Gasteiger partial charge in [-0.25, -0.2) is 0 Å². The van der Waals surface area contributed by atoms with Gasteiger partial charge in [0.05, 0.1) is 0 Å². The first-order valence-electron chi connectivity index (χ1n) is 6.72. The van der Waals surface area contributed by atoms with Crippen molar-refractivity contribution in [3.8, 4) is 0 Å². The van der Waals surface area contributed by atoms with Crippen LogP contribution in [0.4, 0.5) is 0 Å². The number of hydrogen-bond acceptors (Lipinski definition) is 4. The van der Waals surface area contributed by atoms with Gasteiger partial charge < -0.3 is 5.11 Å². The van der Waals surface area contributed by atoms with Crippen molar-refractivity contribution in [2.45, 2.75) is 57.2 Å². The third kappa shape index (κ3) is 12.0. The fourth-order valence-corrected chi connectivity index (χ4v) is 2.38. The molecule has 0 aromatic carbocycles. The van der Waals surface area contributed by atoms with E-state index in [1.54, 1.807) is 6.92 Å². The third-order valence-corrected chi connectivity index (χ3v) is 4.35. The Kier molecular flexibility index (Phi) is 11.2. The van der Waals surface area contributed by atoms with Crippen molar-refractivity contribution >= 4 is 11.9 Å². The van der Waals surface area contributed by atoms with E-state index in [0.29, 0.717) is 35.7 Å². The van der Waals surface area contributed by atoms with Crippen molar-refractivity contribution in [3.05, 3.63) is 11.1 Å². The van der Waals surface area contributed by atoms with Gasteiger partial charge in [-0.2, -0.15) is 0 Å². The summed E-state index contributed by atoms with van der Waals surface area (Å²) in [5.74, 6) is -1.02. The molecule has 0 unspecified atom stereocenters. The fraction of sp³-hybridized carbons (Fsp3) is 0.714. The minimum Gasteiger partial charge on any atom is -0.481 e. The second-order valence-corrected chi connectivity index (χ2v) is 6.76. The molecule has 1 N–H and O–H groups in total. The molecule has 0 aliphatic carbocycles. The summed E-state index contributed by atoms with van der Waals surface area (Å²) in [5.41, 5.74) is 0. The summed E-state index contributed by atoms with van der Waals surface area (Å²) in [6.45, 7) is 5.64. The van der Waals surface area contributed by atoms with Gasteiger partial charge in [0.1, 0.15) is 0 Å². The van der Waals surface area contributed by atoms with Gasteiger partial charge in [0, 0.05) is 0 Å². The first kappa shape index (κ1) is 19.0. The number of unbranched alkanes of at least 4 members (excludes halogenated alkanes) is 3. The van der Waals surface area contributed by atoms with Gasteiger partial charge in [-0.05, 0) is 0 Å². The molecule has 5 nitrogen and oxygen atoms in total. The predicted molar refractivity (Wildman–Crippen MR) is 71.2 cm³/mol. The van der Waals surface area contributed by atoms with Crippen LogP contribution in [0.5, 0.6) is 0 Å². The van der Waals surface area contributed by atoms with E-state index in [4.69, 9.17) is 9.84 Å². The average Bonchev–Trinajstić information content (AvgIpc) is 2.37. The Morgan fingerprint density at radius 1 is 1.10 bits per heavy atom. The second kappa shape index (κ2) is 11.8. The fourth-order valence-electron chi connectivity index (χ4n) is 1.45. The topological polar surface area (TPSA) is 80.7 Å². The van der Waals surface area contributed by atoms with E-state index in [1.807, 2.05) is 0 Å². The number of rotatable bonds is 12. The Labute approximate surface area is 124 Å². The number of hydrogen-bond donors (Lipinski definition) is 1. The molecule has 0 aromatic rings. The van der Waals surface area contributed by atoms with E-state index >= 15 is 0 Å². The molecule has 0 fully saturated rings. The minimum absolute atomic E-state index is 0.186. The normalized spacial score (nSPS) is 10.9. The summed E-state index contributed by atoms with van der Waals surface area (Å²) in [7, 11) is 0. The molecule has 20 heavy (non-hydrogen) atoms. The average molecular weight is 331 g/mol. The maximum atomic E-state index is 11.4. The zero-order valence-electron chi connectivity index (χ0n) is 12.0. The molecule has 0 rings (SSSR count). The summed E-state index contributed by atoms with van der Waals surface area (Å²) in [4.78, 5) is 21.6. The Morgan fingerprint density at radius 2 is 1.70 bits per heavy atom. The van der Waals surface area contributed by atoms with Gasteiger partial charge in [0.2, 0.25) is 0 Å². The first-order chi connectivity index (χ1) is 9.43. The van der Waals surface area contributed by atoms with Crippen molar-refractivity contribution in [2.24, 2.45) is 0 Å². The Hall–Kier alpha value is -1.01. The number of carbonyl (C=O) groups excluding carboxylic acids is 1. The maximum absolute atomic E-state index is 11.4. The quantitative estimate of drug-likeness (QED) is 0.438. The van der Waals surface area contributed by atoms with E-state index < -0.39 is 19.6 Å². The number of aliphatic carboxylic acids is 1. The van der Waals surface area contributed by atoms with E-state index in [0.717, 1.165) is 19.3 Å². The predicted octanol–water partition coefficient (Wildman–Crippen LogP) is 3.26. The summed E-state index contributed by atoms with van der Waals surface area (Å²) >= 11 is -1.36. The summed E-state index contributed by atoms with van der Waals surface area (Å²) in [6, 6.07) is 0. The Balaban J connectivity index is 3.39. The van der Waals surface area contributed by atoms with Crippen LogP contribution in [0, 0.1) is 0 Å². The molecule has 0 radical (unpaired) electrons. The number of esters is 1. The van der Waals surface area contributed by atoms with Crippen LogP contribution < -0.4 is 0 Å². The SMILES string of the molecule is C=[C](C)[Co](=[O])[CH2]CCOC(=O)CCCCCCC(=O)O. The minimum atomic E-state index is -1.36.